The predicted octanol–water partition coefficient (Wildman–Crippen LogP) is 2.11. The SMILES string of the molecule is Cc1ccc(C(=O)N[C@@H]2C[C@H]2c2ccc(F)cc2)c(=O)[nH]1. The Balaban J connectivity index is 1.67. The smallest absolute Gasteiger partial charge is 0.260 e. The molecular formula is C16H15FN2O2. The number of carbonyl (C=O) groups is 1. The second-order valence-electron chi connectivity index (χ2n) is 5.36. The zero-order valence-corrected chi connectivity index (χ0v) is 11.5. The maximum Gasteiger partial charge on any atom is 0.260 e. The average Bonchev–Trinajstić information content (AvgIpc) is 3.18. The minimum Gasteiger partial charge on any atom is -0.348 e. The van der Waals surface area contributed by atoms with Crippen LogP contribution >= 0.6 is 0 Å². The van der Waals surface area contributed by atoms with E-state index in [-0.39, 0.29) is 34.8 Å². The second-order valence-corrected chi connectivity index (χ2v) is 5.36. The Morgan fingerprint density at radius 1 is 1.24 bits per heavy atom. The first-order valence-electron chi connectivity index (χ1n) is 6.81. The molecule has 3 rings (SSSR count). The van der Waals surface area contributed by atoms with Gasteiger partial charge in [0.15, 0.2) is 0 Å². The molecule has 21 heavy (non-hydrogen) atoms. The fraction of sp³-hybridized carbons (Fsp3) is 0.250. The maximum absolute atomic E-state index is 12.9. The lowest BCUT2D eigenvalue weighted by Gasteiger charge is -2.05. The summed E-state index contributed by atoms with van der Waals surface area (Å²) in [6, 6.07) is 9.51. The van der Waals surface area contributed by atoms with Crippen LogP contribution in [0, 0.1) is 12.7 Å². The van der Waals surface area contributed by atoms with E-state index in [1.807, 2.05) is 0 Å². The Kier molecular flexibility index (Phi) is 3.33. The molecule has 2 aromatic rings. The highest BCUT2D eigenvalue weighted by Crippen LogP contribution is 2.40. The van der Waals surface area contributed by atoms with Gasteiger partial charge in [-0.05, 0) is 43.2 Å². The molecule has 0 saturated heterocycles. The Labute approximate surface area is 121 Å². The molecule has 1 aliphatic rings. The van der Waals surface area contributed by atoms with Gasteiger partial charge in [0.05, 0.1) is 0 Å². The van der Waals surface area contributed by atoms with Crippen molar-refractivity contribution in [3.8, 4) is 0 Å². The third-order valence-corrected chi connectivity index (χ3v) is 3.71. The largest absolute Gasteiger partial charge is 0.348 e. The Morgan fingerprint density at radius 2 is 1.95 bits per heavy atom. The number of amides is 1. The van der Waals surface area contributed by atoms with Crippen LogP contribution in [-0.2, 0) is 0 Å². The number of aryl methyl sites for hydroxylation is 1. The number of aromatic nitrogens is 1. The number of hydrogen-bond donors (Lipinski definition) is 2. The Morgan fingerprint density at radius 3 is 2.62 bits per heavy atom. The molecule has 0 unspecified atom stereocenters. The number of hydrogen-bond acceptors (Lipinski definition) is 2. The van der Waals surface area contributed by atoms with Crippen molar-refractivity contribution in [3.05, 3.63) is 69.4 Å². The van der Waals surface area contributed by atoms with Crippen LogP contribution in [0.3, 0.4) is 0 Å². The van der Waals surface area contributed by atoms with Gasteiger partial charge in [0.2, 0.25) is 0 Å². The fourth-order valence-electron chi connectivity index (χ4n) is 2.43. The standard InChI is InChI=1S/C16H15FN2O2/c1-9-2-7-12(15(20)18-9)16(21)19-14-8-13(14)10-3-5-11(17)6-4-10/h2-7,13-14H,8H2,1H3,(H,18,20)(H,19,21)/t13-,14+/m0/s1. The summed E-state index contributed by atoms with van der Waals surface area (Å²) in [6.07, 6.45) is 0.807. The maximum atomic E-state index is 12.9. The van der Waals surface area contributed by atoms with E-state index >= 15 is 0 Å². The van der Waals surface area contributed by atoms with Crippen LogP contribution in [0.1, 0.15) is 34.0 Å². The summed E-state index contributed by atoms with van der Waals surface area (Å²) in [4.78, 5) is 26.4. The number of pyridine rings is 1. The van der Waals surface area contributed by atoms with E-state index < -0.39 is 0 Å². The van der Waals surface area contributed by atoms with Gasteiger partial charge in [0.1, 0.15) is 11.4 Å². The van der Waals surface area contributed by atoms with Crippen molar-refractivity contribution in [2.75, 3.05) is 0 Å². The first-order chi connectivity index (χ1) is 10.0. The van der Waals surface area contributed by atoms with Crippen LogP contribution in [-0.4, -0.2) is 16.9 Å². The first-order valence-corrected chi connectivity index (χ1v) is 6.81. The van der Waals surface area contributed by atoms with Gasteiger partial charge in [-0.15, -0.1) is 0 Å². The normalized spacial score (nSPS) is 20.1. The highest BCUT2D eigenvalue weighted by Gasteiger charge is 2.39. The molecule has 1 aliphatic carbocycles. The number of carbonyl (C=O) groups excluding carboxylic acids is 1. The van der Waals surface area contributed by atoms with E-state index in [9.17, 15) is 14.0 Å². The van der Waals surface area contributed by atoms with Gasteiger partial charge in [-0.25, -0.2) is 4.39 Å². The summed E-state index contributed by atoms with van der Waals surface area (Å²) in [7, 11) is 0. The van der Waals surface area contributed by atoms with Gasteiger partial charge < -0.3 is 10.3 Å². The molecular weight excluding hydrogens is 271 g/mol. The highest BCUT2D eigenvalue weighted by atomic mass is 19.1. The van der Waals surface area contributed by atoms with Crippen LogP contribution < -0.4 is 10.9 Å². The number of rotatable bonds is 3. The van der Waals surface area contributed by atoms with Crippen molar-refractivity contribution in [3.63, 3.8) is 0 Å². The number of benzene rings is 1. The lowest BCUT2D eigenvalue weighted by molar-refractivity contribution is 0.0949. The summed E-state index contributed by atoms with van der Waals surface area (Å²) in [6.45, 7) is 1.76. The number of H-pyrrole nitrogens is 1. The van der Waals surface area contributed by atoms with Gasteiger partial charge in [-0.2, -0.15) is 0 Å². The summed E-state index contributed by atoms with van der Waals surface area (Å²) < 4.78 is 12.9. The highest BCUT2D eigenvalue weighted by molar-refractivity contribution is 5.94. The van der Waals surface area contributed by atoms with E-state index in [0.29, 0.717) is 5.69 Å². The summed E-state index contributed by atoms with van der Waals surface area (Å²) in [5.74, 6) is -0.448. The molecule has 1 saturated carbocycles. The predicted molar refractivity (Wildman–Crippen MR) is 76.8 cm³/mol. The van der Waals surface area contributed by atoms with Crippen molar-refractivity contribution >= 4 is 5.91 Å². The van der Waals surface area contributed by atoms with E-state index in [0.717, 1.165) is 12.0 Å². The van der Waals surface area contributed by atoms with Crippen LogP contribution in [0.5, 0.6) is 0 Å². The zero-order chi connectivity index (χ0) is 15.0. The lowest BCUT2D eigenvalue weighted by Crippen LogP contribution is -2.31. The van der Waals surface area contributed by atoms with E-state index in [4.69, 9.17) is 0 Å². The van der Waals surface area contributed by atoms with Crippen LogP contribution in [0.25, 0.3) is 0 Å². The van der Waals surface area contributed by atoms with Crippen LogP contribution in [0.15, 0.2) is 41.2 Å². The molecule has 0 bridgehead atoms. The Hall–Kier alpha value is -2.43. The van der Waals surface area contributed by atoms with Crippen molar-refractivity contribution in [1.29, 1.82) is 0 Å². The summed E-state index contributed by atoms with van der Waals surface area (Å²) >= 11 is 0. The van der Waals surface area contributed by atoms with E-state index in [2.05, 4.69) is 10.3 Å². The molecule has 108 valence electrons. The van der Waals surface area contributed by atoms with Crippen LogP contribution in [0.2, 0.25) is 0 Å². The lowest BCUT2D eigenvalue weighted by atomic mass is 10.1. The molecule has 0 radical (unpaired) electrons. The Bertz CT molecular complexity index is 737. The number of halogens is 1. The molecule has 5 heteroatoms. The molecule has 1 aromatic heterocycles. The van der Waals surface area contributed by atoms with Gasteiger partial charge >= 0.3 is 0 Å². The topological polar surface area (TPSA) is 62.0 Å². The zero-order valence-electron chi connectivity index (χ0n) is 11.5. The van der Waals surface area contributed by atoms with Crippen molar-refractivity contribution in [2.24, 2.45) is 0 Å². The third kappa shape index (κ3) is 2.86. The van der Waals surface area contributed by atoms with E-state index in [1.54, 1.807) is 25.1 Å². The van der Waals surface area contributed by atoms with Crippen molar-refractivity contribution in [1.82, 2.24) is 10.3 Å². The molecule has 1 fully saturated rings. The van der Waals surface area contributed by atoms with Gasteiger partial charge in [0, 0.05) is 17.7 Å². The average molecular weight is 286 g/mol. The molecule has 1 aromatic carbocycles. The van der Waals surface area contributed by atoms with Crippen LogP contribution in [0.4, 0.5) is 4.39 Å². The number of aromatic amines is 1. The summed E-state index contributed by atoms with van der Waals surface area (Å²) in [5.41, 5.74) is 1.45. The monoisotopic (exact) mass is 286 g/mol. The summed E-state index contributed by atoms with van der Waals surface area (Å²) in [5, 5.41) is 2.84. The number of nitrogens with one attached hydrogen (secondary N) is 2. The van der Waals surface area contributed by atoms with E-state index in [1.165, 1.54) is 18.2 Å². The third-order valence-electron chi connectivity index (χ3n) is 3.71. The molecule has 1 amide bonds. The minimum absolute atomic E-state index is 0.00339. The minimum atomic E-state index is -0.383. The molecule has 0 aliphatic heterocycles. The molecule has 1 heterocycles. The molecule has 2 atom stereocenters. The van der Waals surface area contributed by atoms with Gasteiger partial charge in [0.25, 0.3) is 11.5 Å². The van der Waals surface area contributed by atoms with Gasteiger partial charge in [-0.3, -0.25) is 9.59 Å². The second kappa shape index (κ2) is 5.16. The molecule has 2 N–H and O–H groups in total. The first kappa shape index (κ1) is 13.5. The van der Waals surface area contributed by atoms with Crippen molar-refractivity contribution < 1.29 is 9.18 Å². The van der Waals surface area contributed by atoms with Crippen molar-refractivity contribution in [2.45, 2.75) is 25.3 Å². The fourth-order valence-corrected chi connectivity index (χ4v) is 2.43. The van der Waals surface area contributed by atoms with Gasteiger partial charge in [-0.1, -0.05) is 12.1 Å². The quantitative estimate of drug-likeness (QED) is 0.907. The molecule has 0 spiro atoms. The molecule has 4 nitrogen and oxygen atoms in total.